The van der Waals surface area contributed by atoms with Crippen LogP contribution in [0.5, 0.6) is 0 Å². The molecular weight excluding hydrogens is 750 g/mol. The van der Waals surface area contributed by atoms with Gasteiger partial charge in [-0.3, -0.25) is 18.7 Å². The fourth-order valence-corrected chi connectivity index (χ4v) is 8.30. The number of hydrogen-bond acceptors (Lipinski definition) is 6. The Morgan fingerprint density at radius 1 is 0.552 bits per heavy atom. The minimum atomic E-state index is -0.806. The number of ketones is 2. The maximum Gasteiger partial charge on any atom is 0.326 e. The molecule has 0 spiro atoms. The van der Waals surface area contributed by atoms with E-state index in [2.05, 4.69) is 19.8 Å². The second kappa shape index (κ2) is 18.3. The van der Waals surface area contributed by atoms with Crippen molar-refractivity contribution in [1.29, 1.82) is 0 Å². The predicted octanol–water partition coefficient (Wildman–Crippen LogP) is 7.82. The number of carbonyl (C=O) groups is 2. The van der Waals surface area contributed by atoms with Crippen molar-refractivity contribution in [2.24, 2.45) is 0 Å². The van der Waals surface area contributed by atoms with E-state index in [0.717, 1.165) is 111 Å². The lowest BCUT2D eigenvalue weighted by Gasteiger charge is -2.32. The number of para-hydroxylation sites is 4. The Bertz CT molecular complexity index is 2340. The third-order valence-electron chi connectivity index (χ3n) is 11.3. The first-order valence-electron chi connectivity index (χ1n) is 19.9. The van der Waals surface area contributed by atoms with Crippen LogP contribution in [0.2, 0.25) is 0 Å². The van der Waals surface area contributed by atoms with Gasteiger partial charge in [-0.2, -0.15) is 0 Å². The molecule has 0 bridgehead atoms. The number of Topliss-reactive ketones (excluding diaryl/α,β-unsaturated/α-hetero) is 2. The van der Waals surface area contributed by atoms with Gasteiger partial charge in [0, 0.05) is 63.2 Å². The molecule has 2 saturated heterocycles. The van der Waals surface area contributed by atoms with Crippen LogP contribution in [0.25, 0.3) is 22.1 Å². The summed E-state index contributed by atoms with van der Waals surface area (Å²) in [6.07, 6.45) is 5.14. The number of likely N-dealkylation sites (tertiary alicyclic amines) is 2. The van der Waals surface area contributed by atoms with Crippen LogP contribution in [-0.4, -0.2) is 79.7 Å². The van der Waals surface area contributed by atoms with E-state index in [4.69, 9.17) is 0 Å². The highest BCUT2D eigenvalue weighted by atomic mass is 19.1. The molecular formula is C44H46F4N6O4. The number of aromatic nitrogens is 4. The predicted molar refractivity (Wildman–Crippen MR) is 214 cm³/mol. The van der Waals surface area contributed by atoms with Crippen LogP contribution < -0.4 is 11.4 Å². The molecule has 0 aliphatic carbocycles. The maximum absolute atomic E-state index is 13.7. The van der Waals surface area contributed by atoms with Crippen LogP contribution in [0.3, 0.4) is 0 Å². The molecule has 0 radical (unpaired) electrons. The van der Waals surface area contributed by atoms with Crippen molar-refractivity contribution in [2.45, 2.75) is 63.5 Å². The zero-order valence-corrected chi connectivity index (χ0v) is 32.1. The average Bonchev–Trinajstić information content (AvgIpc) is 3.73. The Hall–Kier alpha value is -5.60. The molecule has 4 aromatic carbocycles. The molecule has 0 saturated carbocycles. The molecule has 4 heterocycles. The maximum atomic E-state index is 13.7. The number of nitrogens with zero attached hydrogens (tertiary/aromatic N) is 4. The van der Waals surface area contributed by atoms with Crippen LogP contribution in [-0.2, 0) is 0 Å². The Morgan fingerprint density at radius 3 is 1.31 bits per heavy atom. The highest BCUT2D eigenvalue weighted by Gasteiger charge is 2.25. The number of benzene rings is 4. The molecule has 0 amide bonds. The topological polar surface area (TPSA) is 116 Å². The molecule has 0 atom stereocenters. The van der Waals surface area contributed by atoms with Gasteiger partial charge in [0.2, 0.25) is 0 Å². The lowest BCUT2D eigenvalue weighted by atomic mass is 10.0. The second-order valence-corrected chi connectivity index (χ2v) is 15.1. The van der Waals surface area contributed by atoms with E-state index >= 15 is 0 Å². The van der Waals surface area contributed by atoms with E-state index in [0.29, 0.717) is 12.8 Å². The Morgan fingerprint density at radius 2 is 0.931 bits per heavy atom. The summed E-state index contributed by atoms with van der Waals surface area (Å²) in [5.74, 6) is -3.59. The Kier molecular flexibility index (Phi) is 12.8. The normalized spacial score (nSPS) is 15.8. The van der Waals surface area contributed by atoms with Crippen LogP contribution in [0, 0.1) is 23.3 Å². The summed E-state index contributed by atoms with van der Waals surface area (Å²) in [6.45, 7) is 4.85. The summed E-state index contributed by atoms with van der Waals surface area (Å²) in [7, 11) is 0. The monoisotopic (exact) mass is 795 g/mol. The van der Waals surface area contributed by atoms with E-state index in [9.17, 15) is 36.7 Å². The van der Waals surface area contributed by atoms with Crippen molar-refractivity contribution < 1.29 is 27.2 Å². The molecule has 2 aliphatic heterocycles. The Balaban J connectivity index is 0.000000177. The number of piperidine rings is 2. The van der Waals surface area contributed by atoms with Gasteiger partial charge in [0.1, 0.15) is 23.3 Å². The van der Waals surface area contributed by atoms with Gasteiger partial charge in [-0.05, 0) is 100 Å². The molecule has 2 N–H and O–H groups in total. The van der Waals surface area contributed by atoms with E-state index in [1.807, 2.05) is 57.7 Å². The molecule has 304 valence electrons. The number of aromatic amines is 2. The van der Waals surface area contributed by atoms with Gasteiger partial charge in [0.25, 0.3) is 0 Å². The van der Waals surface area contributed by atoms with Gasteiger partial charge in [0.15, 0.2) is 11.6 Å². The van der Waals surface area contributed by atoms with Crippen molar-refractivity contribution in [1.82, 2.24) is 28.9 Å². The number of halogens is 4. The minimum absolute atomic E-state index is 0.0520. The molecule has 6 aromatic rings. The van der Waals surface area contributed by atoms with Gasteiger partial charge in [-0.25, -0.2) is 27.2 Å². The number of hydrogen-bond donors (Lipinski definition) is 2. The first-order valence-corrected chi connectivity index (χ1v) is 19.9. The van der Waals surface area contributed by atoms with Crippen molar-refractivity contribution in [3.63, 3.8) is 0 Å². The number of nitrogens with one attached hydrogen (secondary N) is 2. The van der Waals surface area contributed by atoms with Gasteiger partial charge in [-0.15, -0.1) is 0 Å². The summed E-state index contributed by atoms with van der Waals surface area (Å²) < 4.78 is 57.1. The second-order valence-electron chi connectivity index (χ2n) is 15.1. The average molecular weight is 796 g/mol. The lowest BCUT2D eigenvalue weighted by molar-refractivity contribution is 0.0958. The van der Waals surface area contributed by atoms with E-state index in [1.165, 1.54) is 12.1 Å². The van der Waals surface area contributed by atoms with E-state index in [-0.39, 0.29) is 59.0 Å². The molecule has 10 nitrogen and oxygen atoms in total. The van der Waals surface area contributed by atoms with Crippen LogP contribution in [0.15, 0.2) is 94.5 Å². The number of rotatable bonds is 12. The fourth-order valence-electron chi connectivity index (χ4n) is 8.30. The summed E-state index contributed by atoms with van der Waals surface area (Å²) in [6, 6.07) is 21.8. The molecule has 58 heavy (non-hydrogen) atoms. The molecule has 8 rings (SSSR count). The highest BCUT2D eigenvalue weighted by Crippen LogP contribution is 2.27. The lowest BCUT2D eigenvalue weighted by Crippen LogP contribution is -2.37. The van der Waals surface area contributed by atoms with Crippen LogP contribution >= 0.6 is 0 Å². The fraction of sp³-hybridized carbons (Fsp3) is 0.364. The molecule has 2 fully saturated rings. The summed E-state index contributed by atoms with van der Waals surface area (Å²) in [5, 5.41) is 0. The third kappa shape index (κ3) is 9.40. The van der Waals surface area contributed by atoms with Crippen LogP contribution in [0.4, 0.5) is 17.6 Å². The quantitative estimate of drug-likeness (QED) is 0.0965. The zero-order valence-electron chi connectivity index (χ0n) is 32.1. The molecule has 14 heteroatoms. The van der Waals surface area contributed by atoms with Crippen molar-refractivity contribution in [3.05, 3.63) is 140 Å². The number of carbonyl (C=O) groups excluding carboxylic acids is 2. The molecule has 2 aliphatic rings. The smallest absolute Gasteiger partial charge is 0.306 e. The number of fused-ring (bicyclic) bond motifs is 2. The number of imidazole rings is 2. The van der Waals surface area contributed by atoms with Gasteiger partial charge >= 0.3 is 11.4 Å². The first-order chi connectivity index (χ1) is 28.0. The van der Waals surface area contributed by atoms with Gasteiger partial charge in [-0.1, -0.05) is 24.3 Å². The van der Waals surface area contributed by atoms with E-state index in [1.54, 1.807) is 0 Å². The summed E-state index contributed by atoms with van der Waals surface area (Å²) in [4.78, 5) is 59.4. The molecule has 2 aromatic heterocycles. The zero-order chi connectivity index (χ0) is 40.8. The number of H-pyrrole nitrogens is 2. The standard InChI is InChI=1S/2C22H23F2N3O2/c2*23-15-7-8-17(18(24)14-15)21(28)6-3-11-26-12-9-16(10-13-26)27-20-5-2-1-4-19(20)25-22(27)29/h2*1-2,4-5,7-8,14,16H,3,6,9-13H2,(H,25,29)/i23-1,24-1;24-1. The largest absolute Gasteiger partial charge is 0.326 e. The van der Waals surface area contributed by atoms with Gasteiger partial charge < -0.3 is 19.8 Å². The van der Waals surface area contributed by atoms with Gasteiger partial charge in [0.05, 0.1) is 33.2 Å². The SMILES string of the molecule is O=C(CCCN1CCC(n2c(=O)[nH]c3ccccc32)CC1)c1ccc(F)cc1[18F].O=C(CCCN1CCC(n2c(=O)[nH]c3ccccc32)CC1)c1ccc([18F])cc1[18F]. The summed E-state index contributed by atoms with van der Waals surface area (Å²) >= 11 is 0. The van der Waals surface area contributed by atoms with Crippen molar-refractivity contribution in [3.8, 4) is 0 Å². The van der Waals surface area contributed by atoms with Crippen molar-refractivity contribution in [2.75, 3.05) is 39.3 Å². The Labute approximate surface area is 332 Å². The van der Waals surface area contributed by atoms with Crippen LogP contribution in [0.1, 0.15) is 84.2 Å². The first kappa shape index (κ1) is 40.6. The van der Waals surface area contributed by atoms with Crippen molar-refractivity contribution >= 4 is 33.6 Å². The molecule has 0 unspecified atom stereocenters. The minimum Gasteiger partial charge on any atom is -0.306 e. The highest BCUT2D eigenvalue weighted by molar-refractivity contribution is 5.96. The summed E-state index contributed by atoms with van der Waals surface area (Å²) in [5.41, 5.74) is 3.32. The van der Waals surface area contributed by atoms with E-state index < -0.39 is 23.3 Å². The third-order valence-corrected chi connectivity index (χ3v) is 11.3.